The molecule has 6 aromatic rings. The molecule has 0 atom stereocenters. The number of para-hydroxylation sites is 1. The lowest BCUT2D eigenvalue weighted by molar-refractivity contribution is -0.138. The van der Waals surface area contributed by atoms with Gasteiger partial charge in [-0.2, -0.15) is 5.11 Å². The van der Waals surface area contributed by atoms with Crippen LogP contribution in [0.25, 0.3) is 21.0 Å². The van der Waals surface area contributed by atoms with E-state index in [0.717, 1.165) is 73.7 Å². The second-order valence-corrected chi connectivity index (χ2v) is 15.4. The molecule has 14 heteroatoms. The summed E-state index contributed by atoms with van der Waals surface area (Å²) in [5, 5.41) is 10.4. The van der Waals surface area contributed by atoms with Crippen molar-refractivity contribution in [3.8, 4) is 23.0 Å². The average Bonchev–Trinajstić information content (AvgIpc) is 3.74. The minimum atomic E-state index is -0.600. The van der Waals surface area contributed by atoms with Gasteiger partial charge in [-0.15, -0.1) is 5.11 Å². The van der Waals surface area contributed by atoms with Gasteiger partial charge in [0.15, 0.2) is 0 Å². The molecule has 0 saturated carbocycles. The second kappa shape index (κ2) is 24.4. The summed E-state index contributed by atoms with van der Waals surface area (Å²) in [5.74, 6) is -0.294. The predicted octanol–water partition coefficient (Wildman–Crippen LogP) is 11.5. The first-order valence-electron chi connectivity index (χ1n) is 21.1. The maximum absolute atomic E-state index is 13.7. The molecule has 0 amide bonds. The van der Waals surface area contributed by atoms with E-state index >= 15 is 0 Å². The van der Waals surface area contributed by atoms with Crippen LogP contribution in [-0.2, 0) is 25.6 Å². The summed E-state index contributed by atoms with van der Waals surface area (Å²) in [6.45, 7) is 8.48. The largest absolute Gasteiger partial charge is 0.494 e. The van der Waals surface area contributed by atoms with Crippen LogP contribution < -0.4 is 18.9 Å². The molecule has 13 nitrogen and oxygen atoms in total. The molecule has 5 aromatic carbocycles. The molecule has 0 aliphatic heterocycles. The Bertz CT molecular complexity index is 2540. The van der Waals surface area contributed by atoms with Crippen LogP contribution in [-0.4, -0.2) is 55.3 Å². The lowest BCUT2D eigenvalue weighted by Gasteiger charge is -2.16. The molecule has 1 heterocycles. The molecule has 1 aromatic heterocycles. The molecule has 0 aliphatic rings. The summed E-state index contributed by atoms with van der Waals surface area (Å²) < 4.78 is 34.9. The number of azo groups is 1. The van der Waals surface area contributed by atoms with Gasteiger partial charge in [0.25, 0.3) is 0 Å². The van der Waals surface area contributed by atoms with Crippen molar-refractivity contribution >= 4 is 61.3 Å². The third-order valence-electron chi connectivity index (χ3n) is 9.73. The average molecular weight is 884 g/mol. The van der Waals surface area contributed by atoms with Gasteiger partial charge >= 0.3 is 23.9 Å². The van der Waals surface area contributed by atoms with E-state index in [4.69, 9.17) is 28.4 Å². The van der Waals surface area contributed by atoms with Crippen LogP contribution in [0, 0.1) is 0 Å². The van der Waals surface area contributed by atoms with Crippen LogP contribution in [0.5, 0.6) is 23.0 Å². The van der Waals surface area contributed by atoms with Crippen molar-refractivity contribution in [3.63, 3.8) is 0 Å². The summed E-state index contributed by atoms with van der Waals surface area (Å²) in [5.41, 5.74) is 1.89. The lowest BCUT2D eigenvalue weighted by atomic mass is 10.0. The second-order valence-electron chi connectivity index (χ2n) is 14.4. The molecule has 64 heavy (non-hydrogen) atoms. The first-order chi connectivity index (χ1) is 31.3. The first-order valence-corrected chi connectivity index (χ1v) is 21.9. The van der Waals surface area contributed by atoms with Crippen LogP contribution in [0.15, 0.2) is 139 Å². The van der Waals surface area contributed by atoms with Gasteiger partial charge in [-0.05, 0) is 118 Å². The third-order valence-corrected chi connectivity index (χ3v) is 10.6. The van der Waals surface area contributed by atoms with Gasteiger partial charge in [-0.1, -0.05) is 60.9 Å². The molecule has 330 valence electrons. The number of benzene rings is 5. The van der Waals surface area contributed by atoms with Gasteiger partial charge in [-0.25, -0.2) is 24.2 Å². The van der Waals surface area contributed by atoms with Crippen molar-refractivity contribution in [3.05, 3.63) is 145 Å². The van der Waals surface area contributed by atoms with Crippen LogP contribution in [0.4, 0.5) is 5.13 Å². The summed E-state index contributed by atoms with van der Waals surface area (Å²) in [7, 11) is 0. The highest BCUT2D eigenvalue weighted by molar-refractivity contribution is 7.21. The first kappa shape index (κ1) is 46.3. The number of rotatable bonds is 25. The molecular formula is C50H49N3O10S. The SMILES string of the molecule is C=CC(=O)OCCCCCCOc1ccc(C(=O)Oc2cc(CN=Nc3nc4ccccc4s3)c(OC(=O)c3ccc(OCCCCCCOC(=O)C=C)cc3)c3ccccc23)cc1. The van der Waals surface area contributed by atoms with Crippen molar-refractivity contribution in [1.29, 1.82) is 0 Å². The van der Waals surface area contributed by atoms with E-state index in [1.165, 1.54) is 11.3 Å². The van der Waals surface area contributed by atoms with Crippen LogP contribution in [0.1, 0.15) is 77.6 Å². The highest BCUT2D eigenvalue weighted by atomic mass is 32.1. The molecule has 0 unspecified atom stereocenters. The van der Waals surface area contributed by atoms with E-state index in [9.17, 15) is 19.2 Å². The zero-order valence-electron chi connectivity index (χ0n) is 35.4. The Morgan fingerprint density at radius 1 is 0.594 bits per heavy atom. The van der Waals surface area contributed by atoms with Gasteiger partial charge in [0.05, 0.1) is 54.3 Å². The smallest absolute Gasteiger partial charge is 0.343 e. The molecule has 0 radical (unpaired) electrons. The Morgan fingerprint density at radius 3 is 1.67 bits per heavy atom. The van der Waals surface area contributed by atoms with Crippen LogP contribution >= 0.6 is 11.3 Å². The van der Waals surface area contributed by atoms with Crippen LogP contribution in [0.3, 0.4) is 0 Å². The van der Waals surface area contributed by atoms with Gasteiger partial charge in [-0.3, -0.25) is 0 Å². The van der Waals surface area contributed by atoms with Gasteiger partial charge in [0.1, 0.15) is 23.0 Å². The maximum Gasteiger partial charge on any atom is 0.343 e. The Hall–Kier alpha value is -7.19. The Kier molecular flexibility index (Phi) is 17.7. The molecule has 0 spiro atoms. The number of unbranched alkanes of at least 4 members (excludes halogenated alkanes) is 6. The molecule has 0 N–H and O–H groups in total. The number of thiazole rings is 1. The van der Waals surface area contributed by atoms with Crippen LogP contribution in [0.2, 0.25) is 0 Å². The van der Waals surface area contributed by atoms with Crippen molar-refractivity contribution in [2.45, 2.75) is 57.9 Å². The lowest BCUT2D eigenvalue weighted by Crippen LogP contribution is -2.12. The molecule has 6 rings (SSSR count). The number of hydrogen-bond donors (Lipinski definition) is 0. The maximum atomic E-state index is 13.7. The minimum Gasteiger partial charge on any atom is -0.494 e. The van der Waals surface area contributed by atoms with E-state index in [2.05, 4.69) is 28.4 Å². The van der Waals surface area contributed by atoms with Crippen molar-refractivity contribution < 1.29 is 47.6 Å². The van der Waals surface area contributed by atoms with Gasteiger partial charge < -0.3 is 28.4 Å². The van der Waals surface area contributed by atoms with E-state index in [1.54, 1.807) is 78.9 Å². The molecule has 0 bridgehead atoms. The van der Waals surface area contributed by atoms with Crippen molar-refractivity contribution in [2.24, 2.45) is 10.2 Å². The zero-order valence-corrected chi connectivity index (χ0v) is 36.2. The number of esters is 4. The summed E-state index contributed by atoms with van der Waals surface area (Å²) in [4.78, 5) is 54.2. The van der Waals surface area contributed by atoms with E-state index < -0.39 is 23.9 Å². The van der Waals surface area contributed by atoms with E-state index in [0.29, 0.717) is 70.5 Å². The van der Waals surface area contributed by atoms with E-state index in [-0.39, 0.29) is 18.0 Å². The molecular weight excluding hydrogens is 835 g/mol. The standard InChI is InChI=1S/C50H49N3O10S/c1-3-45(54)60-31-15-7-5-13-29-58-38-25-21-35(22-26-38)48(56)62-43-33-37(34-51-53-50-52-42-19-11-12-20-44(42)64-50)47(41-18-10-9-17-40(41)43)63-49(57)36-23-27-39(28-24-36)59-30-14-6-8-16-32-61-46(55)4-2/h3-4,9-12,17-28,33H,1-2,5-8,13-16,29-32,34H2. The predicted molar refractivity (Wildman–Crippen MR) is 245 cm³/mol. The Labute approximate surface area is 375 Å². The zero-order chi connectivity index (χ0) is 44.9. The van der Waals surface area contributed by atoms with Gasteiger partial charge in [0, 0.05) is 28.5 Å². The van der Waals surface area contributed by atoms with Crippen molar-refractivity contribution in [1.82, 2.24) is 4.98 Å². The number of carbonyl (C=O) groups is 4. The highest BCUT2D eigenvalue weighted by Gasteiger charge is 2.21. The van der Waals surface area contributed by atoms with E-state index in [1.807, 2.05) is 24.3 Å². The minimum absolute atomic E-state index is 0.0184. The summed E-state index contributed by atoms with van der Waals surface area (Å²) in [6, 6.07) is 30.0. The number of ether oxygens (including phenoxy) is 6. The van der Waals surface area contributed by atoms with Crippen molar-refractivity contribution in [2.75, 3.05) is 26.4 Å². The molecule has 0 saturated heterocycles. The van der Waals surface area contributed by atoms with Gasteiger partial charge in [0.2, 0.25) is 5.13 Å². The summed E-state index contributed by atoms with van der Waals surface area (Å²) >= 11 is 1.40. The number of nitrogens with zero attached hydrogens (tertiary/aromatic N) is 3. The fourth-order valence-electron chi connectivity index (χ4n) is 6.41. The summed E-state index contributed by atoms with van der Waals surface area (Å²) in [6.07, 6.45) is 9.11. The molecule has 0 fully saturated rings. The third kappa shape index (κ3) is 13.9. The normalized spacial score (nSPS) is 11.0. The number of aromatic nitrogens is 1. The monoisotopic (exact) mass is 883 g/mol. The molecule has 0 aliphatic carbocycles. The Morgan fingerprint density at radius 2 is 1.11 bits per heavy atom. The number of carbonyl (C=O) groups excluding carboxylic acids is 4. The highest BCUT2D eigenvalue weighted by Crippen LogP contribution is 2.39. The quantitative estimate of drug-likeness (QED) is 0.0177. The topological polar surface area (TPSA) is 161 Å². The fourth-order valence-corrected chi connectivity index (χ4v) is 7.22. The fraction of sp³-hybridized carbons (Fsp3) is 0.260. The number of hydrogen-bond acceptors (Lipinski definition) is 14. The number of fused-ring (bicyclic) bond motifs is 2. The Balaban J connectivity index is 1.12.